The summed E-state index contributed by atoms with van der Waals surface area (Å²) in [5.41, 5.74) is 0. The normalized spacial score (nSPS) is 10.6. The first-order valence-electron chi connectivity index (χ1n) is 5.26. The van der Waals surface area contributed by atoms with Gasteiger partial charge in [-0.1, -0.05) is 22.0 Å². The quantitative estimate of drug-likeness (QED) is 0.785. The maximum absolute atomic E-state index is 11.7. The van der Waals surface area contributed by atoms with E-state index in [-0.39, 0.29) is 12.2 Å². The molecule has 0 N–H and O–H groups in total. The molecule has 7 heteroatoms. The van der Waals surface area contributed by atoms with E-state index in [1.165, 1.54) is 16.6 Å². The van der Waals surface area contributed by atoms with Gasteiger partial charge in [-0.2, -0.15) is 4.80 Å². The van der Waals surface area contributed by atoms with Gasteiger partial charge in [0.1, 0.15) is 0 Å². The Labute approximate surface area is 117 Å². The van der Waals surface area contributed by atoms with E-state index in [4.69, 9.17) is 0 Å². The molecule has 5 nitrogen and oxygen atoms in total. The molecule has 0 spiro atoms. The van der Waals surface area contributed by atoms with Crippen molar-refractivity contribution in [1.82, 2.24) is 20.2 Å². The second-order valence-corrected chi connectivity index (χ2v) is 5.62. The number of ketones is 1. The Bertz CT molecular complexity index is 557. The van der Waals surface area contributed by atoms with Crippen molar-refractivity contribution in [3.63, 3.8) is 0 Å². The number of aromatic nitrogens is 4. The smallest absolute Gasteiger partial charge is 0.182 e. The molecule has 0 saturated heterocycles. The lowest BCUT2D eigenvalue weighted by molar-refractivity contribution is -0.116. The van der Waals surface area contributed by atoms with Crippen LogP contribution in [0.5, 0.6) is 0 Å². The first kappa shape index (κ1) is 13.2. The molecule has 0 aliphatic rings. The molecule has 0 aliphatic heterocycles. The Morgan fingerprint density at radius 1 is 1.50 bits per heavy atom. The molecular weight excluding hydrogens is 316 g/mol. The largest absolute Gasteiger partial charge is 0.298 e. The summed E-state index contributed by atoms with van der Waals surface area (Å²) >= 11 is 4.90. The molecule has 94 valence electrons. The fraction of sp³-hybridized carbons (Fsp3) is 0.273. The zero-order valence-corrected chi connectivity index (χ0v) is 12.1. The Hall–Kier alpha value is -1.21. The topological polar surface area (TPSA) is 60.7 Å². The second kappa shape index (κ2) is 6.10. The highest BCUT2D eigenvalue weighted by molar-refractivity contribution is 9.10. The fourth-order valence-corrected chi connectivity index (χ4v) is 2.71. The average molecular weight is 327 g/mol. The van der Waals surface area contributed by atoms with Crippen LogP contribution in [0.15, 0.2) is 33.6 Å². The first-order chi connectivity index (χ1) is 8.63. The lowest BCUT2D eigenvalue weighted by atomic mass is 10.3. The molecule has 1 aromatic carbocycles. The lowest BCUT2D eigenvalue weighted by Crippen LogP contribution is -2.07. The predicted octanol–water partition coefficient (Wildman–Crippen LogP) is 1.88. The van der Waals surface area contributed by atoms with Gasteiger partial charge in [-0.3, -0.25) is 4.79 Å². The van der Waals surface area contributed by atoms with Gasteiger partial charge in [0, 0.05) is 9.37 Å². The Balaban J connectivity index is 1.85. The number of hydrogen-bond acceptors (Lipinski definition) is 5. The molecule has 2 aromatic rings. The minimum Gasteiger partial charge on any atom is -0.298 e. The van der Waals surface area contributed by atoms with Crippen LogP contribution < -0.4 is 0 Å². The third-order valence-corrected chi connectivity index (χ3v) is 3.65. The number of hydrogen-bond donors (Lipinski definition) is 0. The Morgan fingerprint density at radius 2 is 2.33 bits per heavy atom. The number of rotatable bonds is 5. The van der Waals surface area contributed by atoms with Crippen LogP contribution >= 0.6 is 27.7 Å². The number of nitrogens with zero attached hydrogens (tertiary/aromatic N) is 4. The molecule has 1 aromatic heterocycles. The van der Waals surface area contributed by atoms with Crippen molar-refractivity contribution in [1.29, 1.82) is 0 Å². The second-order valence-electron chi connectivity index (χ2n) is 3.66. The van der Waals surface area contributed by atoms with E-state index in [1.807, 2.05) is 24.3 Å². The van der Waals surface area contributed by atoms with Crippen LogP contribution in [0.4, 0.5) is 0 Å². The number of carbonyl (C=O) groups excluding carboxylic acids is 1. The third kappa shape index (κ3) is 3.92. The molecule has 0 fully saturated rings. The molecular formula is C11H11BrN4OS. The van der Waals surface area contributed by atoms with E-state index in [9.17, 15) is 4.79 Å². The molecule has 2 rings (SSSR count). The Kier molecular flexibility index (Phi) is 4.48. The number of carbonyl (C=O) groups is 1. The summed E-state index contributed by atoms with van der Waals surface area (Å²) in [5, 5.41) is 11.5. The van der Waals surface area contributed by atoms with E-state index in [2.05, 4.69) is 31.3 Å². The van der Waals surface area contributed by atoms with Crippen LogP contribution in [0.25, 0.3) is 0 Å². The van der Waals surface area contributed by atoms with Gasteiger partial charge in [-0.15, -0.1) is 22.0 Å². The van der Waals surface area contributed by atoms with Crippen molar-refractivity contribution >= 4 is 33.5 Å². The number of benzene rings is 1. The Morgan fingerprint density at radius 3 is 3.00 bits per heavy atom. The summed E-state index contributed by atoms with van der Waals surface area (Å²) in [7, 11) is 1.68. The summed E-state index contributed by atoms with van der Waals surface area (Å²) in [6.07, 6.45) is 0.231. The van der Waals surface area contributed by atoms with Crippen molar-refractivity contribution in [2.45, 2.75) is 11.3 Å². The minimum atomic E-state index is 0.0907. The highest BCUT2D eigenvalue weighted by Crippen LogP contribution is 2.21. The predicted molar refractivity (Wildman–Crippen MR) is 72.4 cm³/mol. The van der Waals surface area contributed by atoms with Crippen molar-refractivity contribution < 1.29 is 4.79 Å². The zero-order valence-electron chi connectivity index (χ0n) is 9.71. The van der Waals surface area contributed by atoms with Crippen molar-refractivity contribution in [2.24, 2.45) is 7.05 Å². The van der Waals surface area contributed by atoms with Crippen molar-refractivity contribution in [3.05, 3.63) is 34.6 Å². The van der Waals surface area contributed by atoms with Crippen LogP contribution in [0.2, 0.25) is 0 Å². The summed E-state index contributed by atoms with van der Waals surface area (Å²) in [6.45, 7) is 0. The third-order valence-electron chi connectivity index (χ3n) is 2.10. The van der Waals surface area contributed by atoms with Crippen LogP contribution in [0.1, 0.15) is 5.82 Å². The summed E-state index contributed by atoms with van der Waals surface area (Å²) in [5.74, 6) is 0.972. The maximum Gasteiger partial charge on any atom is 0.182 e. The van der Waals surface area contributed by atoms with Gasteiger partial charge in [-0.25, -0.2) is 0 Å². The zero-order chi connectivity index (χ0) is 13.0. The van der Waals surface area contributed by atoms with Crippen molar-refractivity contribution in [3.8, 4) is 0 Å². The van der Waals surface area contributed by atoms with Crippen LogP contribution in [-0.2, 0) is 18.3 Å². The molecule has 18 heavy (non-hydrogen) atoms. The van der Waals surface area contributed by atoms with Gasteiger partial charge in [0.2, 0.25) is 0 Å². The molecule has 0 bridgehead atoms. The summed E-state index contributed by atoms with van der Waals surface area (Å²) in [4.78, 5) is 14.1. The highest BCUT2D eigenvalue weighted by atomic mass is 79.9. The van der Waals surface area contributed by atoms with E-state index in [0.717, 1.165) is 9.37 Å². The van der Waals surface area contributed by atoms with Gasteiger partial charge in [0.15, 0.2) is 11.6 Å². The number of tetrazole rings is 1. The molecule has 0 radical (unpaired) electrons. The number of halogens is 1. The summed E-state index contributed by atoms with van der Waals surface area (Å²) < 4.78 is 1.01. The van der Waals surface area contributed by atoms with Gasteiger partial charge in [0.25, 0.3) is 0 Å². The minimum absolute atomic E-state index is 0.0907. The lowest BCUT2D eigenvalue weighted by Gasteiger charge is -2.00. The molecule has 0 aliphatic carbocycles. The first-order valence-corrected chi connectivity index (χ1v) is 7.04. The number of Topliss-reactive ketones (excluding diaryl/α,β-unsaturated/α-hetero) is 1. The van der Waals surface area contributed by atoms with Crippen LogP contribution in [0, 0.1) is 0 Å². The van der Waals surface area contributed by atoms with E-state index in [1.54, 1.807) is 7.05 Å². The highest BCUT2D eigenvalue weighted by Gasteiger charge is 2.09. The summed E-state index contributed by atoms with van der Waals surface area (Å²) in [6, 6.07) is 7.86. The number of thioether (sulfide) groups is 1. The van der Waals surface area contributed by atoms with E-state index < -0.39 is 0 Å². The standard InChI is InChI=1S/C11H11BrN4OS/c1-16-14-11(13-15-16)6-9(17)7-18-10-4-2-3-8(12)5-10/h2-5H,6-7H2,1H3. The van der Waals surface area contributed by atoms with E-state index >= 15 is 0 Å². The van der Waals surface area contributed by atoms with E-state index in [0.29, 0.717) is 11.6 Å². The van der Waals surface area contributed by atoms with Crippen molar-refractivity contribution in [2.75, 3.05) is 5.75 Å². The SMILES string of the molecule is Cn1nnc(CC(=O)CSc2cccc(Br)c2)n1. The monoisotopic (exact) mass is 326 g/mol. The molecule has 1 heterocycles. The van der Waals surface area contributed by atoms with Gasteiger partial charge in [-0.05, 0) is 23.4 Å². The van der Waals surface area contributed by atoms with Crippen LogP contribution in [-0.4, -0.2) is 31.7 Å². The number of aryl methyl sites for hydroxylation is 1. The van der Waals surface area contributed by atoms with Gasteiger partial charge in [0.05, 0.1) is 19.2 Å². The van der Waals surface area contributed by atoms with Gasteiger partial charge < -0.3 is 0 Å². The van der Waals surface area contributed by atoms with Gasteiger partial charge >= 0.3 is 0 Å². The molecule has 0 atom stereocenters. The van der Waals surface area contributed by atoms with Crippen LogP contribution in [0.3, 0.4) is 0 Å². The molecule has 0 amide bonds. The molecule has 0 saturated carbocycles. The maximum atomic E-state index is 11.7. The average Bonchev–Trinajstić information content (AvgIpc) is 2.72. The fourth-order valence-electron chi connectivity index (χ4n) is 1.34. The molecule has 0 unspecified atom stereocenters.